The summed E-state index contributed by atoms with van der Waals surface area (Å²) in [6.07, 6.45) is 8.99. The van der Waals surface area contributed by atoms with Gasteiger partial charge in [0.05, 0.1) is 11.1 Å². The van der Waals surface area contributed by atoms with E-state index >= 15 is 0 Å². The molecule has 2 atom stereocenters. The molecule has 0 spiro atoms. The molecule has 2 unspecified atom stereocenters. The van der Waals surface area contributed by atoms with E-state index in [0.29, 0.717) is 0 Å². The summed E-state index contributed by atoms with van der Waals surface area (Å²) in [6, 6.07) is 0. The molecule has 0 aromatic rings. The first-order valence-corrected chi connectivity index (χ1v) is 10.4. The second-order valence-electron chi connectivity index (χ2n) is 10.5. The lowest BCUT2D eigenvalue weighted by molar-refractivity contribution is -0.150. The van der Waals surface area contributed by atoms with Crippen molar-refractivity contribution in [3.63, 3.8) is 0 Å². The maximum Gasteiger partial charge on any atom is 0.338 e. The number of hydrogen-bond donors (Lipinski definition) is 0. The number of ether oxygens (including phenoxy) is 2. The second kappa shape index (κ2) is 8.40. The van der Waals surface area contributed by atoms with Gasteiger partial charge in [-0.3, -0.25) is 9.59 Å². The molecule has 0 fully saturated rings. The minimum atomic E-state index is -0.771. The Morgan fingerprint density at radius 3 is 1.26 bits per heavy atom. The Bertz CT molecular complexity index is 839. The number of carbonyl (C=O) groups is 4. The number of hydrogen-bond acceptors (Lipinski definition) is 6. The number of carbonyl (C=O) groups excluding carboxylic acids is 4. The molecular formula is C25H32O6. The fourth-order valence-electron chi connectivity index (χ4n) is 3.52. The lowest BCUT2D eigenvalue weighted by Gasteiger charge is -2.38. The fourth-order valence-corrected chi connectivity index (χ4v) is 3.52. The highest BCUT2D eigenvalue weighted by molar-refractivity contribution is 6.07. The van der Waals surface area contributed by atoms with Gasteiger partial charge in [0.1, 0.15) is 11.2 Å². The van der Waals surface area contributed by atoms with Gasteiger partial charge in [-0.2, -0.15) is 0 Å². The molecule has 6 heteroatoms. The molecule has 2 aliphatic carbocycles. The van der Waals surface area contributed by atoms with E-state index in [1.165, 1.54) is 12.2 Å². The topological polar surface area (TPSA) is 86.7 Å². The Balaban J connectivity index is 2.17. The Kier molecular flexibility index (Phi) is 6.64. The van der Waals surface area contributed by atoms with Crippen molar-refractivity contribution in [2.75, 3.05) is 0 Å². The standard InChI is InChI=1S/C25H32O6/c1-23(2,3)30-21(28)15-9-11-17(19(26)13-15)25(7,8)18-12-10-16(14-20(18)27)22(29)31-24(4,5)6/h9-14,17-18H,1-8H3. The molecular weight excluding hydrogens is 396 g/mol. The van der Waals surface area contributed by atoms with Crippen molar-refractivity contribution in [3.8, 4) is 0 Å². The highest BCUT2D eigenvalue weighted by Gasteiger charge is 2.43. The molecule has 0 aromatic carbocycles. The Morgan fingerprint density at radius 2 is 1.00 bits per heavy atom. The summed E-state index contributed by atoms with van der Waals surface area (Å²) in [6.45, 7) is 14.2. The Hall–Kier alpha value is -2.76. The average Bonchev–Trinajstić information content (AvgIpc) is 2.58. The molecule has 0 radical (unpaired) electrons. The van der Waals surface area contributed by atoms with E-state index in [-0.39, 0.29) is 22.7 Å². The van der Waals surface area contributed by atoms with Gasteiger partial charge in [0, 0.05) is 11.8 Å². The van der Waals surface area contributed by atoms with Crippen molar-refractivity contribution in [1.82, 2.24) is 0 Å². The number of esters is 2. The summed E-state index contributed by atoms with van der Waals surface area (Å²) in [5.74, 6) is -2.87. The molecule has 0 saturated carbocycles. The third-order valence-electron chi connectivity index (χ3n) is 5.02. The van der Waals surface area contributed by atoms with Crippen LogP contribution < -0.4 is 0 Å². The maximum atomic E-state index is 12.8. The van der Waals surface area contributed by atoms with Gasteiger partial charge in [-0.25, -0.2) is 9.59 Å². The van der Waals surface area contributed by atoms with Gasteiger partial charge in [0.25, 0.3) is 0 Å². The van der Waals surface area contributed by atoms with E-state index in [1.807, 2.05) is 13.8 Å². The summed E-state index contributed by atoms with van der Waals surface area (Å²) < 4.78 is 10.6. The van der Waals surface area contributed by atoms with E-state index in [0.717, 1.165) is 0 Å². The Morgan fingerprint density at radius 1 is 0.677 bits per heavy atom. The van der Waals surface area contributed by atoms with Crippen molar-refractivity contribution in [3.05, 3.63) is 47.6 Å². The molecule has 2 rings (SSSR count). The zero-order valence-corrected chi connectivity index (χ0v) is 19.6. The average molecular weight is 429 g/mol. The van der Waals surface area contributed by atoms with Crippen LogP contribution >= 0.6 is 0 Å². The van der Waals surface area contributed by atoms with E-state index in [4.69, 9.17) is 9.47 Å². The molecule has 0 heterocycles. The summed E-state index contributed by atoms with van der Waals surface area (Å²) >= 11 is 0. The summed E-state index contributed by atoms with van der Waals surface area (Å²) in [5, 5.41) is 0. The minimum Gasteiger partial charge on any atom is -0.456 e. The molecule has 0 bridgehead atoms. The van der Waals surface area contributed by atoms with Crippen molar-refractivity contribution in [2.24, 2.45) is 17.3 Å². The highest BCUT2D eigenvalue weighted by Crippen LogP contribution is 2.42. The van der Waals surface area contributed by atoms with Gasteiger partial charge in [0.15, 0.2) is 11.6 Å². The first kappa shape index (κ1) is 24.5. The van der Waals surface area contributed by atoms with Gasteiger partial charge >= 0.3 is 11.9 Å². The smallest absolute Gasteiger partial charge is 0.338 e. The molecule has 2 aliphatic rings. The quantitative estimate of drug-likeness (QED) is 0.628. The number of ketones is 2. The lowest BCUT2D eigenvalue weighted by atomic mass is 9.64. The molecule has 0 N–H and O–H groups in total. The van der Waals surface area contributed by atoms with Crippen LogP contribution in [0.15, 0.2) is 47.6 Å². The van der Waals surface area contributed by atoms with Gasteiger partial charge in [-0.1, -0.05) is 38.2 Å². The molecule has 0 amide bonds. The van der Waals surface area contributed by atoms with E-state index in [1.54, 1.807) is 65.8 Å². The molecule has 0 saturated heterocycles. The summed E-state index contributed by atoms with van der Waals surface area (Å²) in [4.78, 5) is 50.2. The minimum absolute atomic E-state index is 0.185. The van der Waals surface area contributed by atoms with Crippen LogP contribution in [-0.4, -0.2) is 34.7 Å². The van der Waals surface area contributed by atoms with E-state index in [9.17, 15) is 19.2 Å². The van der Waals surface area contributed by atoms with Gasteiger partial charge in [-0.05, 0) is 59.1 Å². The molecule has 31 heavy (non-hydrogen) atoms. The van der Waals surface area contributed by atoms with Crippen LogP contribution in [0.5, 0.6) is 0 Å². The normalized spacial score (nSPS) is 22.1. The van der Waals surface area contributed by atoms with Crippen molar-refractivity contribution < 1.29 is 28.7 Å². The summed E-state index contributed by atoms with van der Waals surface area (Å²) in [7, 11) is 0. The van der Waals surface area contributed by atoms with Crippen LogP contribution in [0.2, 0.25) is 0 Å². The van der Waals surface area contributed by atoms with Gasteiger partial charge in [-0.15, -0.1) is 0 Å². The largest absolute Gasteiger partial charge is 0.456 e. The Labute approximate surface area is 184 Å². The predicted molar refractivity (Wildman–Crippen MR) is 117 cm³/mol. The van der Waals surface area contributed by atoms with Crippen molar-refractivity contribution >= 4 is 23.5 Å². The SMILES string of the molecule is CC(C)(C)OC(=O)C1=CC(=O)C(C(C)(C)C2C=CC(C(=O)OC(C)(C)C)=CC2=O)C=C1. The van der Waals surface area contributed by atoms with Gasteiger partial charge in [0.2, 0.25) is 0 Å². The van der Waals surface area contributed by atoms with Crippen LogP contribution in [0.1, 0.15) is 55.4 Å². The zero-order valence-electron chi connectivity index (χ0n) is 19.6. The summed E-state index contributed by atoms with van der Waals surface area (Å²) in [5.41, 5.74) is -1.73. The second-order valence-corrected chi connectivity index (χ2v) is 10.5. The predicted octanol–water partition coefficient (Wildman–Crippen LogP) is 4.06. The van der Waals surface area contributed by atoms with Crippen LogP contribution in [0.25, 0.3) is 0 Å². The molecule has 168 valence electrons. The van der Waals surface area contributed by atoms with E-state index < -0.39 is 40.4 Å². The van der Waals surface area contributed by atoms with Gasteiger partial charge < -0.3 is 9.47 Å². The third kappa shape index (κ3) is 6.12. The molecule has 6 nitrogen and oxygen atoms in total. The lowest BCUT2D eigenvalue weighted by Crippen LogP contribution is -2.40. The first-order chi connectivity index (χ1) is 14.0. The highest BCUT2D eigenvalue weighted by atomic mass is 16.6. The zero-order chi connectivity index (χ0) is 23.8. The van der Waals surface area contributed by atoms with E-state index in [2.05, 4.69) is 0 Å². The van der Waals surface area contributed by atoms with Crippen molar-refractivity contribution in [1.29, 1.82) is 0 Å². The van der Waals surface area contributed by atoms with Crippen LogP contribution in [0, 0.1) is 17.3 Å². The molecule has 0 aliphatic heterocycles. The monoisotopic (exact) mass is 428 g/mol. The van der Waals surface area contributed by atoms with Crippen molar-refractivity contribution in [2.45, 2.75) is 66.6 Å². The fraction of sp³-hybridized carbons (Fsp3) is 0.520. The number of allylic oxidation sites excluding steroid dienone is 4. The van der Waals surface area contributed by atoms with Crippen LogP contribution in [0.4, 0.5) is 0 Å². The first-order valence-electron chi connectivity index (χ1n) is 10.4. The van der Waals surface area contributed by atoms with Crippen LogP contribution in [0.3, 0.4) is 0 Å². The molecule has 0 aromatic heterocycles. The number of rotatable bonds is 4. The van der Waals surface area contributed by atoms with Crippen LogP contribution in [-0.2, 0) is 28.7 Å². The third-order valence-corrected chi connectivity index (χ3v) is 5.02. The maximum absolute atomic E-state index is 12.8.